The maximum Gasteiger partial charge on any atom is 0.295 e. The van der Waals surface area contributed by atoms with Crippen LogP contribution in [-0.2, 0) is 4.79 Å². The van der Waals surface area contributed by atoms with Gasteiger partial charge in [0.15, 0.2) is 0 Å². The predicted molar refractivity (Wildman–Crippen MR) is 52.0 cm³/mol. The van der Waals surface area contributed by atoms with Gasteiger partial charge < -0.3 is 10.2 Å². The van der Waals surface area contributed by atoms with Gasteiger partial charge in [-0.2, -0.15) is 0 Å². The molecule has 13 heavy (non-hydrogen) atoms. The van der Waals surface area contributed by atoms with E-state index in [9.17, 15) is 4.79 Å². The van der Waals surface area contributed by atoms with E-state index < -0.39 is 0 Å². The number of hydrogen-bond donors (Lipinski definition) is 1. The molecule has 2 atom stereocenters. The van der Waals surface area contributed by atoms with Gasteiger partial charge in [-0.05, 0) is 18.4 Å². The van der Waals surface area contributed by atoms with E-state index in [4.69, 9.17) is 6.42 Å². The largest absolute Gasteiger partial charge is 0.341 e. The lowest BCUT2D eigenvalue weighted by Crippen LogP contribution is -2.39. The molecule has 72 valence electrons. The monoisotopic (exact) mass is 180 g/mol. The molecule has 0 radical (unpaired) electrons. The highest BCUT2D eigenvalue weighted by Gasteiger charge is 2.29. The van der Waals surface area contributed by atoms with Crippen molar-refractivity contribution in [2.24, 2.45) is 5.92 Å². The summed E-state index contributed by atoms with van der Waals surface area (Å²) in [6.07, 6.45) is 4.99. The van der Waals surface area contributed by atoms with Crippen molar-refractivity contribution in [1.82, 2.24) is 10.2 Å². The normalized spacial score (nSPS) is 28.4. The first kappa shape index (κ1) is 10.1. The number of likely N-dealkylation sites (N-methyl/N-ethyl adjacent to an activating group) is 1. The Bertz CT molecular complexity index is 232. The van der Waals surface area contributed by atoms with E-state index in [-0.39, 0.29) is 11.9 Å². The molecule has 1 aliphatic heterocycles. The quantitative estimate of drug-likeness (QED) is 0.610. The van der Waals surface area contributed by atoms with Crippen LogP contribution in [0.1, 0.15) is 13.8 Å². The summed E-state index contributed by atoms with van der Waals surface area (Å²) >= 11 is 0. The number of carbonyl (C=O) groups excluding carboxylic acids is 1. The number of nitrogens with zero attached hydrogens (tertiary/aromatic N) is 1. The Morgan fingerprint density at radius 3 is 2.85 bits per heavy atom. The van der Waals surface area contributed by atoms with Crippen LogP contribution in [0.5, 0.6) is 0 Å². The lowest BCUT2D eigenvalue weighted by Gasteiger charge is -2.14. The van der Waals surface area contributed by atoms with Gasteiger partial charge in [0.05, 0.1) is 0 Å². The minimum atomic E-state index is -0.296. The van der Waals surface area contributed by atoms with Crippen molar-refractivity contribution in [3.05, 3.63) is 0 Å². The third kappa shape index (κ3) is 2.46. The molecular weight excluding hydrogens is 164 g/mol. The van der Waals surface area contributed by atoms with E-state index in [0.717, 1.165) is 19.6 Å². The number of amides is 1. The van der Waals surface area contributed by atoms with Gasteiger partial charge in [-0.15, -0.1) is 6.42 Å². The molecule has 3 nitrogen and oxygen atoms in total. The SMILES string of the molecule is C#CC(=O)NC1CN(CC)CC1C. The van der Waals surface area contributed by atoms with Gasteiger partial charge in [0.25, 0.3) is 5.91 Å². The number of likely N-dealkylation sites (tertiary alicyclic amines) is 1. The van der Waals surface area contributed by atoms with Crippen molar-refractivity contribution in [2.45, 2.75) is 19.9 Å². The highest BCUT2D eigenvalue weighted by atomic mass is 16.1. The van der Waals surface area contributed by atoms with Crippen LogP contribution in [0, 0.1) is 18.3 Å². The molecule has 0 aromatic carbocycles. The van der Waals surface area contributed by atoms with Gasteiger partial charge in [0, 0.05) is 19.1 Å². The number of rotatable bonds is 2. The third-order valence-electron chi connectivity index (χ3n) is 2.58. The molecule has 1 amide bonds. The van der Waals surface area contributed by atoms with Crippen LogP contribution in [0.15, 0.2) is 0 Å². The molecule has 1 rings (SSSR count). The van der Waals surface area contributed by atoms with Crippen LogP contribution in [0.4, 0.5) is 0 Å². The topological polar surface area (TPSA) is 32.3 Å². The van der Waals surface area contributed by atoms with Crippen molar-refractivity contribution in [1.29, 1.82) is 0 Å². The Balaban J connectivity index is 2.44. The van der Waals surface area contributed by atoms with E-state index in [1.807, 2.05) is 0 Å². The van der Waals surface area contributed by atoms with Gasteiger partial charge in [0.2, 0.25) is 0 Å². The van der Waals surface area contributed by atoms with Crippen LogP contribution < -0.4 is 5.32 Å². The summed E-state index contributed by atoms with van der Waals surface area (Å²) in [5, 5.41) is 2.83. The van der Waals surface area contributed by atoms with E-state index in [0.29, 0.717) is 5.92 Å². The molecule has 0 aromatic rings. The summed E-state index contributed by atoms with van der Waals surface area (Å²) in [7, 11) is 0. The fourth-order valence-corrected chi connectivity index (χ4v) is 1.72. The summed E-state index contributed by atoms with van der Waals surface area (Å²) in [4.78, 5) is 13.3. The molecule has 1 fully saturated rings. The number of terminal acetylenes is 1. The second-order valence-electron chi connectivity index (χ2n) is 3.55. The van der Waals surface area contributed by atoms with E-state index >= 15 is 0 Å². The summed E-state index contributed by atoms with van der Waals surface area (Å²) in [5.74, 6) is 2.28. The fourth-order valence-electron chi connectivity index (χ4n) is 1.72. The highest BCUT2D eigenvalue weighted by molar-refractivity contribution is 5.93. The maximum atomic E-state index is 10.9. The zero-order chi connectivity index (χ0) is 9.84. The van der Waals surface area contributed by atoms with Crippen LogP contribution in [-0.4, -0.2) is 36.5 Å². The molecule has 0 bridgehead atoms. The van der Waals surface area contributed by atoms with Crippen LogP contribution in [0.25, 0.3) is 0 Å². The molecule has 1 saturated heterocycles. The molecule has 1 N–H and O–H groups in total. The van der Waals surface area contributed by atoms with Gasteiger partial charge in [-0.1, -0.05) is 13.8 Å². The maximum absolute atomic E-state index is 10.9. The van der Waals surface area contributed by atoms with Crippen molar-refractivity contribution in [2.75, 3.05) is 19.6 Å². The Labute approximate surface area is 79.5 Å². The summed E-state index contributed by atoms with van der Waals surface area (Å²) in [6, 6.07) is 0.225. The zero-order valence-electron chi connectivity index (χ0n) is 8.21. The molecule has 1 heterocycles. The van der Waals surface area contributed by atoms with Gasteiger partial charge in [0.1, 0.15) is 0 Å². The van der Waals surface area contributed by atoms with Crippen LogP contribution >= 0.6 is 0 Å². The van der Waals surface area contributed by atoms with Crippen LogP contribution in [0.3, 0.4) is 0 Å². The Morgan fingerprint density at radius 1 is 1.69 bits per heavy atom. The lowest BCUT2D eigenvalue weighted by molar-refractivity contribution is -0.116. The van der Waals surface area contributed by atoms with Gasteiger partial charge in [-0.3, -0.25) is 4.79 Å². The Morgan fingerprint density at radius 2 is 2.38 bits per heavy atom. The minimum absolute atomic E-state index is 0.225. The summed E-state index contributed by atoms with van der Waals surface area (Å²) < 4.78 is 0. The van der Waals surface area contributed by atoms with Crippen molar-refractivity contribution in [3.63, 3.8) is 0 Å². The molecule has 0 saturated carbocycles. The highest BCUT2D eigenvalue weighted by Crippen LogP contribution is 2.15. The minimum Gasteiger partial charge on any atom is -0.341 e. The van der Waals surface area contributed by atoms with Crippen LogP contribution in [0.2, 0.25) is 0 Å². The molecule has 0 aromatic heterocycles. The average molecular weight is 180 g/mol. The lowest BCUT2D eigenvalue weighted by atomic mass is 10.1. The molecule has 0 spiro atoms. The first-order valence-corrected chi connectivity index (χ1v) is 4.66. The van der Waals surface area contributed by atoms with Gasteiger partial charge in [-0.25, -0.2) is 0 Å². The average Bonchev–Trinajstić information content (AvgIpc) is 2.47. The smallest absolute Gasteiger partial charge is 0.295 e. The molecule has 2 unspecified atom stereocenters. The molecule has 1 aliphatic rings. The van der Waals surface area contributed by atoms with Crippen molar-refractivity contribution >= 4 is 5.91 Å². The summed E-state index contributed by atoms with van der Waals surface area (Å²) in [5.41, 5.74) is 0. The fraction of sp³-hybridized carbons (Fsp3) is 0.700. The molecular formula is C10H16N2O. The number of hydrogen-bond acceptors (Lipinski definition) is 2. The Hall–Kier alpha value is -1.01. The first-order chi connectivity index (χ1) is 6.17. The summed E-state index contributed by atoms with van der Waals surface area (Å²) in [6.45, 7) is 7.26. The Kier molecular flexibility index (Phi) is 3.32. The standard InChI is InChI=1S/C10H16N2O/c1-4-10(13)11-9-7-12(5-2)6-8(9)3/h1,8-9H,5-7H2,2-3H3,(H,11,13). The predicted octanol–water partition coefficient (Wildman–Crippen LogP) is 0.0760. The van der Waals surface area contributed by atoms with E-state index in [1.54, 1.807) is 0 Å². The third-order valence-corrected chi connectivity index (χ3v) is 2.58. The second-order valence-corrected chi connectivity index (χ2v) is 3.55. The first-order valence-electron chi connectivity index (χ1n) is 4.66. The van der Waals surface area contributed by atoms with Crippen molar-refractivity contribution < 1.29 is 4.79 Å². The zero-order valence-corrected chi connectivity index (χ0v) is 8.21. The molecule has 3 heteroatoms. The molecule has 0 aliphatic carbocycles. The number of carbonyl (C=O) groups is 1. The van der Waals surface area contributed by atoms with Gasteiger partial charge >= 0.3 is 0 Å². The second kappa shape index (κ2) is 4.29. The van der Waals surface area contributed by atoms with E-state index in [1.165, 1.54) is 0 Å². The number of nitrogens with one attached hydrogen (secondary N) is 1. The van der Waals surface area contributed by atoms with Crippen molar-refractivity contribution in [3.8, 4) is 12.3 Å². The van der Waals surface area contributed by atoms with E-state index in [2.05, 4.69) is 30.0 Å².